The minimum Gasteiger partial charge on any atom is -0.508 e. The van der Waals surface area contributed by atoms with Gasteiger partial charge in [-0.05, 0) is 51.3 Å². The summed E-state index contributed by atoms with van der Waals surface area (Å²) >= 11 is 6.47. The van der Waals surface area contributed by atoms with E-state index in [0.29, 0.717) is 0 Å². The zero-order valence-electron chi connectivity index (χ0n) is 10.7. The first kappa shape index (κ1) is 14.4. The van der Waals surface area contributed by atoms with Gasteiger partial charge < -0.3 is 8.93 Å². The summed E-state index contributed by atoms with van der Waals surface area (Å²) in [6, 6.07) is 13.3. The molecule has 0 bridgehead atoms. The predicted molar refractivity (Wildman–Crippen MR) is 83.9 cm³/mol. The third-order valence-corrected chi connectivity index (χ3v) is 4.29. The zero-order valence-corrected chi connectivity index (χ0v) is 13.8. The molecule has 0 atom stereocenters. The molecule has 0 saturated carbocycles. The van der Waals surface area contributed by atoms with Gasteiger partial charge in [-0.1, -0.05) is 32.0 Å². The first-order valence-electron chi connectivity index (χ1n) is 5.83. The number of rotatable bonds is 3. The fourth-order valence-electron chi connectivity index (χ4n) is 2.00. The van der Waals surface area contributed by atoms with Gasteiger partial charge >= 0.3 is 0 Å². The second-order valence-corrected chi connectivity index (χ2v) is 6.07. The lowest BCUT2D eigenvalue weighted by atomic mass is 9.78. The van der Waals surface area contributed by atoms with Gasteiger partial charge in [-0.15, -0.1) is 0 Å². The second kappa shape index (κ2) is 5.55. The predicted octanol–water partition coefficient (Wildman–Crippen LogP) is 5.17. The van der Waals surface area contributed by atoms with Crippen LogP contribution in [0.1, 0.15) is 25.0 Å². The van der Waals surface area contributed by atoms with Crippen molar-refractivity contribution in [2.75, 3.05) is 0 Å². The van der Waals surface area contributed by atoms with Crippen molar-refractivity contribution in [3.63, 3.8) is 0 Å². The highest BCUT2D eigenvalue weighted by molar-refractivity contribution is 9.10. The van der Waals surface area contributed by atoms with Crippen LogP contribution in [-0.4, -0.2) is 5.11 Å². The third kappa shape index (κ3) is 2.95. The Morgan fingerprint density at radius 1 is 1.00 bits per heavy atom. The molecule has 19 heavy (non-hydrogen) atoms. The third-order valence-electron chi connectivity index (χ3n) is 3.33. The van der Waals surface area contributed by atoms with Crippen molar-refractivity contribution in [1.82, 2.24) is 0 Å². The van der Waals surface area contributed by atoms with Crippen molar-refractivity contribution in [2.45, 2.75) is 19.3 Å². The summed E-state index contributed by atoms with van der Waals surface area (Å²) in [5, 5.41) is 9.38. The second-order valence-electron chi connectivity index (χ2n) is 4.89. The van der Waals surface area contributed by atoms with Gasteiger partial charge in [0.25, 0.3) is 0 Å². The highest BCUT2D eigenvalue weighted by Crippen LogP contribution is 2.36. The smallest absolute Gasteiger partial charge is 0.179 e. The summed E-state index contributed by atoms with van der Waals surface area (Å²) in [5.41, 5.74) is 2.16. The van der Waals surface area contributed by atoms with E-state index in [1.807, 2.05) is 30.3 Å². The van der Waals surface area contributed by atoms with Gasteiger partial charge in [0, 0.05) is 5.41 Å². The molecule has 1 N–H and O–H groups in total. The van der Waals surface area contributed by atoms with Crippen molar-refractivity contribution in [3.05, 3.63) is 58.1 Å². The van der Waals surface area contributed by atoms with Crippen LogP contribution in [-0.2, 0) is 5.41 Å². The molecule has 0 aliphatic carbocycles. The Morgan fingerprint density at radius 3 is 2.11 bits per heavy atom. The Hall–Kier alpha value is -1.000. The monoisotopic (exact) mass is 384 g/mol. The molecule has 2 aromatic rings. The number of hydrogen-bond acceptors (Lipinski definition) is 2. The summed E-state index contributed by atoms with van der Waals surface area (Å²) in [4.78, 5) is 0. The Balaban J connectivity index is 2.43. The molecule has 2 nitrogen and oxygen atoms in total. The first-order chi connectivity index (χ1) is 8.95. The molecular weight excluding hydrogens is 372 g/mol. The van der Waals surface area contributed by atoms with Crippen LogP contribution in [0, 0.1) is 0 Å². The molecule has 4 heteroatoms. The summed E-state index contributed by atoms with van der Waals surface area (Å²) in [5.74, 6) is 1.02. The number of halogens is 2. The summed E-state index contributed by atoms with van der Waals surface area (Å²) in [6.45, 7) is 4.30. The van der Waals surface area contributed by atoms with Crippen molar-refractivity contribution < 1.29 is 8.93 Å². The van der Waals surface area contributed by atoms with E-state index in [1.165, 1.54) is 5.56 Å². The number of phenolic OH excluding ortho intramolecular Hbond substituents is 1. The van der Waals surface area contributed by atoms with E-state index in [4.69, 9.17) is 3.83 Å². The van der Waals surface area contributed by atoms with E-state index in [9.17, 15) is 5.11 Å². The average molecular weight is 386 g/mol. The van der Waals surface area contributed by atoms with Crippen LogP contribution in [0.5, 0.6) is 11.5 Å². The summed E-state index contributed by atoms with van der Waals surface area (Å²) in [6.07, 6.45) is 0. The molecule has 0 aliphatic heterocycles. The molecule has 2 aromatic carbocycles. The lowest BCUT2D eigenvalue weighted by Crippen LogP contribution is -2.18. The van der Waals surface area contributed by atoms with Gasteiger partial charge in [-0.2, -0.15) is 0 Å². The van der Waals surface area contributed by atoms with Crippen molar-refractivity contribution in [3.8, 4) is 11.5 Å². The van der Waals surface area contributed by atoms with Crippen LogP contribution >= 0.6 is 32.2 Å². The highest BCUT2D eigenvalue weighted by atomic mass is 79.9. The van der Waals surface area contributed by atoms with Crippen LogP contribution in [0.25, 0.3) is 0 Å². The Kier molecular flexibility index (Phi) is 4.21. The minimum absolute atomic E-state index is 0.152. The number of phenols is 1. The molecule has 0 saturated heterocycles. The quantitative estimate of drug-likeness (QED) is 0.789. The largest absolute Gasteiger partial charge is 0.508 e. The van der Waals surface area contributed by atoms with Crippen LogP contribution in [0.15, 0.2) is 46.9 Å². The fourth-order valence-corrected chi connectivity index (χ4v) is 2.96. The van der Waals surface area contributed by atoms with E-state index < -0.39 is 0 Å². The topological polar surface area (TPSA) is 29.5 Å². The van der Waals surface area contributed by atoms with E-state index in [-0.39, 0.29) is 11.2 Å². The maximum absolute atomic E-state index is 9.38. The molecule has 0 fully saturated rings. The lowest BCUT2D eigenvalue weighted by molar-refractivity contribution is 0.474. The Morgan fingerprint density at radius 2 is 1.58 bits per heavy atom. The molecule has 0 aromatic heterocycles. The molecule has 0 amide bonds. The van der Waals surface area contributed by atoms with Crippen LogP contribution in [0.2, 0.25) is 0 Å². The number of hydrogen-bond donors (Lipinski definition) is 1. The molecule has 0 unspecified atom stereocenters. The number of aromatic hydroxyl groups is 1. The lowest BCUT2D eigenvalue weighted by Gasteiger charge is -2.26. The normalized spacial score (nSPS) is 11.4. The average Bonchev–Trinajstić information content (AvgIpc) is 2.39. The maximum atomic E-state index is 9.38. The van der Waals surface area contributed by atoms with E-state index in [1.54, 1.807) is 12.1 Å². The van der Waals surface area contributed by atoms with E-state index >= 15 is 0 Å². The fraction of sp³-hybridized carbons (Fsp3) is 0.200. The molecule has 0 radical (unpaired) electrons. The SMILES string of the molecule is CC(C)(c1ccc(O)cc1)c1ccc(OBr)c(Br)c1. The zero-order chi connectivity index (χ0) is 14.0. The van der Waals surface area contributed by atoms with Crippen molar-refractivity contribution in [1.29, 1.82) is 0 Å². The molecule has 0 heterocycles. The highest BCUT2D eigenvalue weighted by Gasteiger charge is 2.23. The van der Waals surface area contributed by atoms with Crippen molar-refractivity contribution >= 4 is 32.2 Å². The summed E-state index contributed by atoms with van der Waals surface area (Å²) in [7, 11) is 0. The van der Waals surface area contributed by atoms with Gasteiger partial charge in [-0.3, -0.25) is 0 Å². The van der Waals surface area contributed by atoms with Crippen LogP contribution in [0.4, 0.5) is 0 Å². The van der Waals surface area contributed by atoms with Gasteiger partial charge in [0.15, 0.2) is 22.0 Å². The Bertz CT molecular complexity index is 577. The number of benzene rings is 2. The van der Waals surface area contributed by atoms with E-state index in [2.05, 4.69) is 46.0 Å². The van der Waals surface area contributed by atoms with Gasteiger partial charge in [0.2, 0.25) is 0 Å². The first-order valence-corrected chi connectivity index (χ1v) is 7.27. The van der Waals surface area contributed by atoms with Gasteiger partial charge in [-0.25, -0.2) is 0 Å². The minimum atomic E-state index is -0.152. The van der Waals surface area contributed by atoms with E-state index in [0.717, 1.165) is 15.8 Å². The van der Waals surface area contributed by atoms with Crippen LogP contribution in [0.3, 0.4) is 0 Å². The Labute approximate surface area is 130 Å². The van der Waals surface area contributed by atoms with Crippen LogP contribution < -0.4 is 3.83 Å². The standard InChI is InChI=1S/C15H14Br2O2/c1-15(2,10-3-6-12(18)7-4-10)11-5-8-14(19-17)13(16)9-11/h3-9,18H,1-2H3. The maximum Gasteiger partial charge on any atom is 0.179 e. The molecule has 0 aliphatic rings. The van der Waals surface area contributed by atoms with Gasteiger partial charge in [0.05, 0.1) is 4.47 Å². The molecule has 100 valence electrons. The summed E-state index contributed by atoms with van der Waals surface area (Å²) < 4.78 is 5.96. The molecule has 0 spiro atoms. The molecule has 2 rings (SSSR count). The van der Waals surface area contributed by atoms with Gasteiger partial charge in [0.1, 0.15) is 5.75 Å². The molecular formula is C15H14Br2O2. The van der Waals surface area contributed by atoms with Crippen molar-refractivity contribution in [2.24, 2.45) is 0 Å².